The van der Waals surface area contributed by atoms with E-state index in [2.05, 4.69) is 33.9 Å². The Morgan fingerprint density at radius 3 is 2.75 bits per heavy atom. The van der Waals surface area contributed by atoms with Gasteiger partial charge in [0.15, 0.2) is 17.6 Å². The summed E-state index contributed by atoms with van der Waals surface area (Å²) in [6, 6.07) is 9.67. The van der Waals surface area contributed by atoms with Gasteiger partial charge in [-0.15, -0.1) is 0 Å². The maximum atomic E-state index is 12.7. The van der Waals surface area contributed by atoms with Crippen LogP contribution in [0.25, 0.3) is 0 Å². The van der Waals surface area contributed by atoms with Gasteiger partial charge in [-0.3, -0.25) is 10.1 Å². The Kier molecular flexibility index (Phi) is 8.48. The highest BCUT2D eigenvalue weighted by molar-refractivity contribution is 9.10. The highest BCUT2D eigenvalue weighted by atomic mass is 79.9. The number of ether oxygens (including phenoxy) is 5. The van der Waals surface area contributed by atoms with E-state index in [4.69, 9.17) is 23.7 Å². The molecule has 2 aromatic rings. The smallest absolute Gasteiger partial charge is 0.412 e. The van der Waals surface area contributed by atoms with Crippen LogP contribution in [-0.4, -0.2) is 49.5 Å². The van der Waals surface area contributed by atoms with Crippen LogP contribution in [0.1, 0.15) is 18.1 Å². The van der Waals surface area contributed by atoms with Gasteiger partial charge < -0.3 is 28.8 Å². The monoisotopic (exact) mass is 527 g/mol. The molecule has 32 heavy (non-hydrogen) atoms. The number of hydrogen-bond acceptors (Lipinski definition) is 9. The Morgan fingerprint density at radius 1 is 1.22 bits per heavy atom. The maximum absolute atomic E-state index is 12.7. The minimum atomic E-state index is -0.999. The first-order chi connectivity index (χ1) is 15.4. The number of amides is 1. The molecule has 0 aromatic heterocycles. The van der Waals surface area contributed by atoms with Gasteiger partial charge in [0.25, 0.3) is 0 Å². The first-order valence-corrected chi connectivity index (χ1v) is 11.0. The van der Waals surface area contributed by atoms with Crippen molar-refractivity contribution in [3.05, 3.63) is 46.4 Å². The number of phenolic OH excluding ortho intramolecular Hbond substituents is 1. The normalized spacial score (nSPS) is 13.8. The highest BCUT2D eigenvalue weighted by Crippen LogP contribution is 2.36. The lowest BCUT2D eigenvalue weighted by molar-refractivity contribution is -0.141. The zero-order chi connectivity index (χ0) is 23.1. The summed E-state index contributed by atoms with van der Waals surface area (Å²) >= 11 is 7.22. The number of carbonyl (C=O) groups excluding carboxylic acids is 2. The topological polar surface area (TPSA) is 113 Å². The molecule has 0 saturated heterocycles. The summed E-state index contributed by atoms with van der Waals surface area (Å²) in [5, 5.41) is 13.0. The summed E-state index contributed by atoms with van der Waals surface area (Å²) in [6.07, 6.45) is -2.28. The second-order valence-electron chi connectivity index (χ2n) is 6.66. The van der Waals surface area contributed by atoms with Crippen molar-refractivity contribution in [1.29, 1.82) is 0 Å². The number of benzene rings is 2. The van der Waals surface area contributed by atoms with Crippen LogP contribution in [0.3, 0.4) is 0 Å². The van der Waals surface area contributed by atoms with Gasteiger partial charge in [0.2, 0.25) is 6.79 Å². The number of fused-ring (bicyclic) bond motifs is 1. The Balaban J connectivity index is 1.77. The first-order valence-electron chi connectivity index (χ1n) is 9.56. The van der Waals surface area contributed by atoms with E-state index >= 15 is 0 Å². The van der Waals surface area contributed by atoms with Crippen molar-refractivity contribution >= 4 is 46.3 Å². The molecule has 172 valence electrons. The highest BCUT2D eigenvalue weighted by Gasteiger charge is 2.30. The van der Waals surface area contributed by atoms with Gasteiger partial charge >= 0.3 is 12.1 Å². The van der Waals surface area contributed by atoms with Gasteiger partial charge in [-0.1, -0.05) is 15.9 Å². The Morgan fingerprint density at radius 2 is 2.00 bits per heavy atom. The van der Waals surface area contributed by atoms with Crippen LogP contribution >= 0.6 is 28.6 Å². The Bertz CT molecular complexity index is 973. The van der Waals surface area contributed by atoms with Crippen LogP contribution in [0.15, 0.2) is 40.9 Å². The molecular weight excluding hydrogens is 506 g/mol. The van der Waals surface area contributed by atoms with Crippen molar-refractivity contribution in [3.8, 4) is 17.2 Å². The molecule has 0 fully saturated rings. The van der Waals surface area contributed by atoms with Gasteiger partial charge in [-0.2, -0.15) is 12.6 Å². The number of hydrogen-bond donors (Lipinski definition) is 3. The third-order valence-corrected chi connectivity index (χ3v) is 5.34. The summed E-state index contributed by atoms with van der Waals surface area (Å²) in [7, 11) is 1.44. The lowest BCUT2D eigenvalue weighted by atomic mass is 10.0. The van der Waals surface area contributed by atoms with Crippen LogP contribution in [0.4, 0.5) is 10.5 Å². The van der Waals surface area contributed by atoms with Crippen LogP contribution in [-0.2, 0) is 19.0 Å². The number of nitrogens with one attached hydrogen (secondary N) is 1. The number of methoxy groups -OCH3 is 1. The van der Waals surface area contributed by atoms with E-state index in [1.54, 1.807) is 30.3 Å². The van der Waals surface area contributed by atoms with E-state index in [9.17, 15) is 14.7 Å². The van der Waals surface area contributed by atoms with Crippen molar-refractivity contribution < 1.29 is 38.4 Å². The van der Waals surface area contributed by atoms with E-state index in [-0.39, 0.29) is 31.3 Å². The first kappa shape index (κ1) is 24.0. The van der Waals surface area contributed by atoms with Gasteiger partial charge in [0, 0.05) is 35.3 Å². The number of halogens is 1. The van der Waals surface area contributed by atoms with Crippen LogP contribution < -0.4 is 14.8 Å². The lowest BCUT2D eigenvalue weighted by Crippen LogP contribution is -2.29. The second-order valence-corrected chi connectivity index (χ2v) is 7.90. The molecule has 0 radical (unpaired) electrons. The fourth-order valence-electron chi connectivity index (χ4n) is 3.06. The summed E-state index contributed by atoms with van der Waals surface area (Å²) in [4.78, 5) is 24.1. The number of anilines is 1. The summed E-state index contributed by atoms with van der Waals surface area (Å²) in [6.45, 7) is 0.136. The molecule has 0 aliphatic carbocycles. The molecule has 2 aromatic carbocycles. The summed E-state index contributed by atoms with van der Waals surface area (Å²) in [5.41, 5.74) is 0.765. The fourth-order valence-corrected chi connectivity index (χ4v) is 3.53. The number of phenols is 1. The van der Waals surface area contributed by atoms with E-state index in [0.29, 0.717) is 27.2 Å². The largest absolute Gasteiger partial charge is 0.508 e. The van der Waals surface area contributed by atoms with Crippen LogP contribution in [0.2, 0.25) is 0 Å². The Hall–Kier alpha value is -2.63. The predicted octanol–water partition coefficient (Wildman–Crippen LogP) is 4.05. The number of rotatable bonds is 9. The standard InChI is InChI=1S/C21H22BrNO8S/c1-27-17(6-7-28-19(25)10-32)20(14-8-12(22)2-4-15(14)24)31-21(26)23-13-3-5-16-18(9-13)30-11-29-16/h2-5,8-9,17,20,24,32H,6-7,10-11H2,1H3,(H,23,26)/t17-,20-/m1/s1. The molecule has 0 bridgehead atoms. The minimum Gasteiger partial charge on any atom is -0.508 e. The van der Waals surface area contributed by atoms with Crippen LogP contribution in [0.5, 0.6) is 17.2 Å². The molecule has 3 rings (SSSR count). The van der Waals surface area contributed by atoms with Gasteiger partial charge in [0.1, 0.15) is 11.9 Å². The SMILES string of the molecule is CO[C@H](CCOC(=O)CS)[C@H](OC(=O)Nc1ccc2c(c1)OCO2)c1cc(Br)ccc1O. The molecule has 0 spiro atoms. The quantitative estimate of drug-likeness (QED) is 0.330. The molecule has 11 heteroatoms. The molecule has 0 unspecified atom stereocenters. The zero-order valence-corrected chi connectivity index (χ0v) is 19.6. The summed E-state index contributed by atoms with van der Waals surface area (Å²) in [5.74, 6) is 0.470. The molecule has 1 aliphatic rings. The number of carbonyl (C=O) groups is 2. The van der Waals surface area contributed by atoms with Crippen molar-refractivity contribution in [3.63, 3.8) is 0 Å². The van der Waals surface area contributed by atoms with Gasteiger partial charge in [-0.25, -0.2) is 4.79 Å². The number of aromatic hydroxyl groups is 1. The molecule has 0 saturated carbocycles. The minimum absolute atomic E-state index is 0.0241. The molecule has 1 amide bonds. The molecular formula is C21H22BrNO8S. The predicted molar refractivity (Wildman–Crippen MR) is 121 cm³/mol. The van der Waals surface area contributed by atoms with E-state index in [0.717, 1.165) is 0 Å². The summed E-state index contributed by atoms with van der Waals surface area (Å²) < 4.78 is 27.5. The molecule has 1 heterocycles. The fraction of sp³-hybridized carbons (Fsp3) is 0.333. The maximum Gasteiger partial charge on any atom is 0.412 e. The van der Waals surface area contributed by atoms with Crippen molar-refractivity contribution in [2.45, 2.75) is 18.6 Å². The van der Waals surface area contributed by atoms with E-state index in [1.165, 1.54) is 13.2 Å². The average molecular weight is 528 g/mol. The molecule has 9 nitrogen and oxygen atoms in total. The van der Waals surface area contributed by atoms with Crippen molar-refractivity contribution in [1.82, 2.24) is 0 Å². The third-order valence-electron chi connectivity index (χ3n) is 4.58. The van der Waals surface area contributed by atoms with Gasteiger partial charge in [-0.05, 0) is 30.3 Å². The average Bonchev–Trinajstić information content (AvgIpc) is 3.25. The lowest BCUT2D eigenvalue weighted by Gasteiger charge is -2.27. The van der Waals surface area contributed by atoms with E-state index < -0.39 is 24.3 Å². The Labute approximate surface area is 198 Å². The molecule has 1 aliphatic heterocycles. The van der Waals surface area contributed by atoms with E-state index in [1.807, 2.05) is 0 Å². The van der Waals surface area contributed by atoms with Crippen LogP contribution in [0, 0.1) is 0 Å². The van der Waals surface area contributed by atoms with Gasteiger partial charge in [0.05, 0.1) is 12.4 Å². The van der Waals surface area contributed by atoms with Crippen molar-refractivity contribution in [2.24, 2.45) is 0 Å². The second kappa shape index (κ2) is 11.3. The van der Waals surface area contributed by atoms with Crippen molar-refractivity contribution in [2.75, 3.05) is 31.6 Å². The molecule has 2 N–H and O–H groups in total. The number of thiol groups is 1. The number of esters is 1. The molecule has 2 atom stereocenters. The zero-order valence-electron chi connectivity index (χ0n) is 17.1. The third kappa shape index (κ3) is 6.21.